The Kier molecular flexibility index (Phi) is 5.09. The molecule has 0 aliphatic heterocycles. The van der Waals surface area contributed by atoms with Crippen LogP contribution >= 0.6 is 0 Å². The van der Waals surface area contributed by atoms with Gasteiger partial charge in [0.1, 0.15) is 5.82 Å². The molecule has 3 heteroatoms. The van der Waals surface area contributed by atoms with Crippen LogP contribution in [-0.4, -0.2) is 19.8 Å². The normalized spacial score (nSPS) is 13.7. The lowest BCUT2D eigenvalue weighted by atomic mass is 9.95. The van der Waals surface area contributed by atoms with Gasteiger partial charge in [0.2, 0.25) is 0 Å². The molecular formula is C14H22FNO. The Hall–Kier alpha value is -0.930. The minimum atomic E-state index is -0.166. The summed E-state index contributed by atoms with van der Waals surface area (Å²) in [6, 6.07) is 6.94. The SMILES string of the molecule is CNC(CCC(C)(C)OC)c1ccccc1F. The van der Waals surface area contributed by atoms with E-state index < -0.39 is 0 Å². The van der Waals surface area contributed by atoms with Gasteiger partial charge in [-0.25, -0.2) is 4.39 Å². The number of rotatable bonds is 6. The molecule has 2 nitrogen and oxygen atoms in total. The maximum absolute atomic E-state index is 13.7. The zero-order chi connectivity index (χ0) is 12.9. The second kappa shape index (κ2) is 6.12. The molecule has 0 bridgehead atoms. The Morgan fingerprint density at radius 1 is 1.35 bits per heavy atom. The van der Waals surface area contributed by atoms with E-state index in [4.69, 9.17) is 4.74 Å². The van der Waals surface area contributed by atoms with Crippen molar-refractivity contribution in [1.29, 1.82) is 0 Å². The summed E-state index contributed by atoms with van der Waals surface area (Å²) < 4.78 is 19.0. The average molecular weight is 239 g/mol. The topological polar surface area (TPSA) is 21.3 Å². The molecule has 1 aromatic carbocycles. The molecule has 1 rings (SSSR count). The molecule has 0 aliphatic carbocycles. The van der Waals surface area contributed by atoms with E-state index in [1.807, 2.05) is 33.0 Å². The van der Waals surface area contributed by atoms with Crippen LogP contribution in [0, 0.1) is 5.82 Å². The molecule has 0 fully saturated rings. The van der Waals surface area contributed by atoms with Gasteiger partial charge >= 0.3 is 0 Å². The van der Waals surface area contributed by atoms with Gasteiger partial charge in [0.05, 0.1) is 5.60 Å². The summed E-state index contributed by atoms with van der Waals surface area (Å²) in [6.45, 7) is 4.09. The average Bonchev–Trinajstić information content (AvgIpc) is 2.32. The summed E-state index contributed by atoms with van der Waals surface area (Å²) in [4.78, 5) is 0. The largest absolute Gasteiger partial charge is 0.379 e. The quantitative estimate of drug-likeness (QED) is 0.822. The number of ether oxygens (including phenoxy) is 1. The number of hydrogen-bond acceptors (Lipinski definition) is 2. The van der Waals surface area contributed by atoms with Gasteiger partial charge in [-0.3, -0.25) is 0 Å². The Balaban J connectivity index is 2.70. The van der Waals surface area contributed by atoms with Crippen molar-refractivity contribution < 1.29 is 9.13 Å². The van der Waals surface area contributed by atoms with Gasteiger partial charge in [-0.2, -0.15) is 0 Å². The van der Waals surface area contributed by atoms with E-state index in [2.05, 4.69) is 5.32 Å². The maximum Gasteiger partial charge on any atom is 0.127 e. The van der Waals surface area contributed by atoms with Gasteiger partial charge < -0.3 is 10.1 Å². The number of nitrogens with one attached hydrogen (secondary N) is 1. The Bertz CT molecular complexity index is 352. The number of hydrogen-bond donors (Lipinski definition) is 1. The summed E-state index contributed by atoms with van der Waals surface area (Å²) in [5, 5.41) is 3.16. The van der Waals surface area contributed by atoms with Crippen molar-refractivity contribution in [2.24, 2.45) is 0 Å². The van der Waals surface area contributed by atoms with Gasteiger partial charge in [-0.1, -0.05) is 18.2 Å². The molecule has 0 saturated carbocycles. The zero-order valence-corrected chi connectivity index (χ0v) is 11.1. The summed E-state index contributed by atoms with van der Waals surface area (Å²) in [7, 11) is 3.56. The third-order valence-electron chi connectivity index (χ3n) is 3.22. The van der Waals surface area contributed by atoms with Crippen LogP contribution in [0.5, 0.6) is 0 Å². The third kappa shape index (κ3) is 4.10. The molecular weight excluding hydrogens is 217 g/mol. The highest BCUT2D eigenvalue weighted by molar-refractivity contribution is 5.21. The van der Waals surface area contributed by atoms with Crippen LogP contribution in [0.25, 0.3) is 0 Å². The van der Waals surface area contributed by atoms with Crippen molar-refractivity contribution in [3.05, 3.63) is 35.6 Å². The molecule has 0 aliphatic rings. The molecule has 1 unspecified atom stereocenters. The first kappa shape index (κ1) is 14.1. The number of halogens is 1. The van der Waals surface area contributed by atoms with E-state index in [1.165, 1.54) is 6.07 Å². The monoisotopic (exact) mass is 239 g/mol. The molecule has 1 N–H and O–H groups in total. The van der Waals surface area contributed by atoms with Crippen LogP contribution in [-0.2, 0) is 4.74 Å². The second-order valence-corrected chi connectivity index (χ2v) is 4.87. The van der Waals surface area contributed by atoms with Crippen molar-refractivity contribution in [2.45, 2.75) is 38.3 Å². The molecule has 17 heavy (non-hydrogen) atoms. The summed E-state index contributed by atoms with van der Waals surface area (Å²) >= 11 is 0. The van der Waals surface area contributed by atoms with Crippen molar-refractivity contribution >= 4 is 0 Å². The lowest BCUT2D eigenvalue weighted by molar-refractivity contribution is 0.0117. The first-order valence-corrected chi connectivity index (χ1v) is 5.97. The Morgan fingerprint density at radius 3 is 2.53 bits per heavy atom. The van der Waals surface area contributed by atoms with Gasteiger partial charge in [0, 0.05) is 18.7 Å². The van der Waals surface area contributed by atoms with Crippen molar-refractivity contribution in [2.75, 3.05) is 14.2 Å². The highest BCUT2D eigenvalue weighted by Gasteiger charge is 2.20. The lowest BCUT2D eigenvalue weighted by Gasteiger charge is -2.26. The Morgan fingerprint density at radius 2 is 2.00 bits per heavy atom. The molecule has 1 atom stereocenters. The highest BCUT2D eigenvalue weighted by Crippen LogP contribution is 2.25. The smallest absolute Gasteiger partial charge is 0.127 e. The van der Waals surface area contributed by atoms with Crippen LogP contribution in [0.4, 0.5) is 4.39 Å². The fourth-order valence-corrected chi connectivity index (χ4v) is 1.81. The standard InChI is InChI=1S/C14H22FNO/c1-14(2,17-4)10-9-13(16-3)11-7-5-6-8-12(11)15/h5-8,13,16H,9-10H2,1-4H3. The lowest BCUT2D eigenvalue weighted by Crippen LogP contribution is -2.26. The fraction of sp³-hybridized carbons (Fsp3) is 0.571. The van der Waals surface area contributed by atoms with Crippen LogP contribution in [0.15, 0.2) is 24.3 Å². The van der Waals surface area contributed by atoms with Crippen molar-refractivity contribution in [1.82, 2.24) is 5.32 Å². The third-order valence-corrected chi connectivity index (χ3v) is 3.22. The van der Waals surface area contributed by atoms with Crippen LogP contribution in [0.3, 0.4) is 0 Å². The van der Waals surface area contributed by atoms with Crippen LogP contribution in [0.1, 0.15) is 38.3 Å². The van der Waals surface area contributed by atoms with Gasteiger partial charge in [0.25, 0.3) is 0 Å². The van der Waals surface area contributed by atoms with Crippen LogP contribution < -0.4 is 5.32 Å². The minimum absolute atomic E-state index is 0.0330. The van der Waals surface area contributed by atoms with Crippen LogP contribution in [0.2, 0.25) is 0 Å². The predicted octanol–water partition coefficient (Wildman–Crippen LogP) is 3.29. The summed E-state index contributed by atoms with van der Waals surface area (Å²) in [6.07, 6.45) is 1.72. The summed E-state index contributed by atoms with van der Waals surface area (Å²) in [5.41, 5.74) is 0.558. The maximum atomic E-state index is 13.7. The molecule has 0 aromatic heterocycles. The molecule has 0 amide bonds. The Labute approximate surface area is 103 Å². The van der Waals surface area contributed by atoms with Gasteiger partial charge in [0.15, 0.2) is 0 Å². The van der Waals surface area contributed by atoms with Gasteiger partial charge in [-0.15, -0.1) is 0 Å². The van der Waals surface area contributed by atoms with E-state index in [0.29, 0.717) is 0 Å². The first-order valence-electron chi connectivity index (χ1n) is 5.97. The molecule has 0 heterocycles. The number of benzene rings is 1. The molecule has 0 spiro atoms. The minimum Gasteiger partial charge on any atom is -0.379 e. The second-order valence-electron chi connectivity index (χ2n) is 4.87. The van der Waals surface area contributed by atoms with Gasteiger partial charge in [-0.05, 0) is 39.8 Å². The molecule has 0 saturated heterocycles. The van der Waals surface area contributed by atoms with E-state index in [1.54, 1.807) is 13.2 Å². The number of methoxy groups -OCH3 is 1. The van der Waals surface area contributed by atoms with E-state index >= 15 is 0 Å². The summed E-state index contributed by atoms with van der Waals surface area (Å²) in [5.74, 6) is -0.151. The molecule has 96 valence electrons. The van der Waals surface area contributed by atoms with Crippen molar-refractivity contribution in [3.8, 4) is 0 Å². The first-order chi connectivity index (χ1) is 8.00. The molecule has 1 aromatic rings. The zero-order valence-electron chi connectivity index (χ0n) is 11.1. The fourth-order valence-electron chi connectivity index (χ4n) is 1.81. The van der Waals surface area contributed by atoms with E-state index in [-0.39, 0.29) is 17.5 Å². The van der Waals surface area contributed by atoms with Crippen molar-refractivity contribution in [3.63, 3.8) is 0 Å². The highest BCUT2D eigenvalue weighted by atomic mass is 19.1. The molecule has 0 radical (unpaired) electrons. The van der Waals surface area contributed by atoms with E-state index in [0.717, 1.165) is 18.4 Å². The van der Waals surface area contributed by atoms with E-state index in [9.17, 15) is 4.39 Å². The predicted molar refractivity (Wildman–Crippen MR) is 68.5 cm³/mol.